The Bertz CT molecular complexity index is 1160. The van der Waals surface area contributed by atoms with Gasteiger partial charge in [-0.15, -0.1) is 0 Å². The van der Waals surface area contributed by atoms with Gasteiger partial charge >= 0.3 is 12.2 Å². The second-order valence-corrected chi connectivity index (χ2v) is 6.38. The Hall–Kier alpha value is -2.78. The largest absolute Gasteiger partial charge is 0.405 e. The molecule has 4 heterocycles. The number of imidazole rings is 1. The maximum Gasteiger partial charge on any atom is 0.405 e. The molecule has 2 N–H and O–H groups in total. The number of aromatic amines is 1. The molecule has 0 radical (unpaired) electrons. The van der Waals surface area contributed by atoms with Crippen molar-refractivity contribution in [3.63, 3.8) is 0 Å². The van der Waals surface area contributed by atoms with Crippen molar-refractivity contribution < 1.29 is 24.8 Å². The van der Waals surface area contributed by atoms with Gasteiger partial charge in [-0.1, -0.05) is 13.2 Å². The first-order chi connectivity index (χ1) is 14.8. The molecule has 4 rings (SSSR count). The number of fused-ring (bicyclic) bond motifs is 3. The lowest BCUT2D eigenvalue weighted by atomic mass is 9.91. The van der Waals surface area contributed by atoms with Gasteiger partial charge in [0.25, 0.3) is 0 Å². The third-order valence-corrected chi connectivity index (χ3v) is 4.68. The molecule has 0 unspecified atom stereocenters. The first-order valence-corrected chi connectivity index (χ1v) is 8.18. The van der Waals surface area contributed by atoms with Crippen molar-refractivity contribution in [2.45, 2.75) is 25.3 Å². The standard InChI is InChI=1S/C17H19F3N6O/c1-2-10-7-25(16(27)24-9-17(18,19)20)8-11(10)13-5-22-14-6-23-15-12(26(13)14)3-4-21-15/h3-6,10-11,21H,2,7-9H2,1H3,(H,24,27)/t10-,11+/m1/s1/i1D3,2D2. The van der Waals surface area contributed by atoms with Crippen LogP contribution in [0.1, 0.15) is 31.7 Å². The quantitative estimate of drug-likeness (QED) is 0.728. The van der Waals surface area contributed by atoms with Crippen LogP contribution < -0.4 is 5.32 Å². The Kier molecular flexibility index (Phi) is 3.00. The highest BCUT2D eigenvalue weighted by Crippen LogP contribution is 2.35. The van der Waals surface area contributed by atoms with Crippen LogP contribution in [-0.2, 0) is 0 Å². The topological polar surface area (TPSA) is 78.3 Å². The Morgan fingerprint density at radius 3 is 3.07 bits per heavy atom. The molecular weight excluding hydrogens is 361 g/mol. The normalized spacial score (nSPS) is 24.4. The number of halogens is 3. The van der Waals surface area contributed by atoms with E-state index in [2.05, 4.69) is 15.0 Å². The number of carbonyl (C=O) groups is 1. The van der Waals surface area contributed by atoms with Crippen molar-refractivity contribution in [3.8, 4) is 0 Å². The second kappa shape index (κ2) is 6.43. The molecule has 0 saturated carbocycles. The minimum atomic E-state index is -4.62. The summed E-state index contributed by atoms with van der Waals surface area (Å²) < 4.78 is 78.9. The van der Waals surface area contributed by atoms with Gasteiger partial charge in [-0.3, -0.25) is 4.40 Å². The molecule has 0 bridgehead atoms. The molecule has 0 spiro atoms. The summed E-state index contributed by atoms with van der Waals surface area (Å²) in [6.45, 7) is -5.10. The molecule has 1 fully saturated rings. The van der Waals surface area contributed by atoms with Crippen molar-refractivity contribution in [1.29, 1.82) is 0 Å². The molecule has 7 nitrogen and oxygen atoms in total. The van der Waals surface area contributed by atoms with E-state index in [1.165, 1.54) is 12.4 Å². The molecule has 3 aromatic heterocycles. The zero-order valence-corrected chi connectivity index (χ0v) is 13.9. The fourth-order valence-electron chi connectivity index (χ4n) is 3.46. The van der Waals surface area contributed by atoms with E-state index in [4.69, 9.17) is 6.85 Å². The molecule has 0 aromatic carbocycles. The van der Waals surface area contributed by atoms with Crippen LogP contribution in [0.25, 0.3) is 16.8 Å². The van der Waals surface area contributed by atoms with Crippen LogP contribution in [0.15, 0.2) is 24.7 Å². The van der Waals surface area contributed by atoms with Gasteiger partial charge in [0.05, 0.1) is 11.7 Å². The minimum Gasteiger partial charge on any atom is -0.345 e. The predicted molar refractivity (Wildman–Crippen MR) is 92.4 cm³/mol. The van der Waals surface area contributed by atoms with Gasteiger partial charge in [-0.05, 0) is 12.0 Å². The molecule has 3 aromatic rings. The van der Waals surface area contributed by atoms with Gasteiger partial charge in [-0.2, -0.15) is 13.2 Å². The van der Waals surface area contributed by atoms with E-state index in [0.717, 1.165) is 4.90 Å². The number of aromatic nitrogens is 4. The zero-order valence-electron chi connectivity index (χ0n) is 18.9. The van der Waals surface area contributed by atoms with Crippen LogP contribution in [0.2, 0.25) is 0 Å². The zero-order chi connectivity index (χ0) is 23.5. The van der Waals surface area contributed by atoms with Gasteiger partial charge < -0.3 is 15.2 Å². The molecule has 144 valence electrons. The van der Waals surface area contributed by atoms with E-state index in [1.54, 1.807) is 22.0 Å². The van der Waals surface area contributed by atoms with Crippen molar-refractivity contribution in [3.05, 3.63) is 30.4 Å². The molecule has 1 saturated heterocycles. The molecule has 0 aliphatic carbocycles. The molecular formula is C17H19F3N6O. The van der Waals surface area contributed by atoms with Crippen LogP contribution in [0, 0.1) is 5.92 Å². The molecule has 2 atom stereocenters. The number of nitrogens with one attached hydrogen (secondary N) is 2. The second-order valence-electron chi connectivity index (χ2n) is 6.38. The SMILES string of the molecule is [2H]C([2H])([2H])C([2H])([2H])[C@@H]1CN(C(=O)NCC(F)(F)F)C[C@@H]1c1cnc2cnc3[nH]ccc3n12. The fraction of sp³-hybridized carbons (Fsp3) is 0.471. The Balaban J connectivity index is 1.75. The van der Waals surface area contributed by atoms with E-state index in [1.807, 2.05) is 0 Å². The molecule has 27 heavy (non-hydrogen) atoms. The van der Waals surface area contributed by atoms with Crippen molar-refractivity contribution in [1.82, 2.24) is 29.6 Å². The van der Waals surface area contributed by atoms with E-state index in [0.29, 0.717) is 22.5 Å². The van der Waals surface area contributed by atoms with Crippen LogP contribution in [-0.4, -0.2) is 56.1 Å². The highest BCUT2D eigenvalue weighted by molar-refractivity contribution is 5.76. The summed E-state index contributed by atoms with van der Waals surface area (Å²) in [5, 5.41) is 1.77. The van der Waals surface area contributed by atoms with E-state index in [-0.39, 0.29) is 13.1 Å². The summed E-state index contributed by atoms with van der Waals surface area (Å²) >= 11 is 0. The molecule has 1 aliphatic heterocycles. The van der Waals surface area contributed by atoms with Crippen molar-refractivity contribution in [2.24, 2.45) is 5.92 Å². The number of carbonyl (C=O) groups excluding carboxylic acids is 1. The molecule has 10 heteroatoms. The highest BCUT2D eigenvalue weighted by atomic mass is 19.4. The third-order valence-electron chi connectivity index (χ3n) is 4.68. The summed E-state index contributed by atoms with van der Waals surface area (Å²) in [5.41, 5.74) is 2.00. The van der Waals surface area contributed by atoms with Gasteiger partial charge in [0, 0.05) is 43.9 Å². The van der Waals surface area contributed by atoms with Crippen molar-refractivity contribution >= 4 is 22.8 Å². The smallest absolute Gasteiger partial charge is 0.345 e. The van der Waals surface area contributed by atoms with Crippen LogP contribution >= 0.6 is 0 Å². The monoisotopic (exact) mass is 385 g/mol. The number of rotatable bonds is 3. The summed E-state index contributed by atoms with van der Waals surface area (Å²) in [7, 11) is 0. The maximum absolute atomic E-state index is 12.5. The maximum atomic E-state index is 12.5. The van der Waals surface area contributed by atoms with Crippen LogP contribution in [0.5, 0.6) is 0 Å². The average Bonchev–Trinajstić information content (AvgIpc) is 3.39. The number of alkyl halides is 3. The lowest BCUT2D eigenvalue weighted by Gasteiger charge is -2.18. The number of hydrogen-bond acceptors (Lipinski definition) is 3. The van der Waals surface area contributed by atoms with E-state index in [9.17, 15) is 18.0 Å². The molecule has 1 aliphatic rings. The summed E-state index contributed by atoms with van der Waals surface area (Å²) in [6.07, 6.45) is -2.75. The van der Waals surface area contributed by atoms with Gasteiger partial charge in [0.1, 0.15) is 6.54 Å². The predicted octanol–water partition coefficient (Wildman–Crippen LogP) is 2.91. The highest BCUT2D eigenvalue weighted by Gasteiger charge is 2.38. The Morgan fingerprint density at radius 1 is 1.44 bits per heavy atom. The first kappa shape index (κ1) is 12.6. The number of urea groups is 1. The van der Waals surface area contributed by atoms with Crippen molar-refractivity contribution in [2.75, 3.05) is 19.6 Å². The summed E-state index contributed by atoms with van der Waals surface area (Å²) in [5.74, 6) is -2.05. The van der Waals surface area contributed by atoms with E-state index >= 15 is 0 Å². The lowest BCUT2D eigenvalue weighted by Crippen LogP contribution is -2.42. The number of amides is 2. The van der Waals surface area contributed by atoms with Crippen LogP contribution in [0.4, 0.5) is 18.0 Å². The Morgan fingerprint density at radius 2 is 2.30 bits per heavy atom. The number of H-pyrrole nitrogens is 1. The summed E-state index contributed by atoms with van der Waals surface area (Å²) in [4.78, 5) is 24.8. The Labute approximate surface area is 159 Å². The molecule has 2 amide bonds. The lowest BCUT2D eigenvalue weighted by molar-refractivity contribution is -0.123. The first-order valence-electron chi connectivity index (χ1n) is 10.7. The number of likely N-dealkylation sites (tertiary alicyclic amines) is 1. The number of hydrogen-bond donors (Lipinski definition) is 2. The fourth-order valence-corrected chi connectivity index (χ4v) is 3.46. The average molecular weight is 385 g/mol. The number of nitrogens with zero attached hydrogens (tertiary/aromatic N) is 4. The third kappa shape index (κ3) is 3.19. The minimum absolute atomic E-state index is 0.175. The van der Waals surface area contributed by atoms with Crippen LogP contribution in [0.3, 0.4) is 0 Å². The van der Waals surface area contributed by atoms with Gasteiger partial charge in [0.2, 0.25) is 0 Å². The van der Waals surface area contributed by atoms with E-state index < -0.39 is 43.8 Å². The van der Waals surface area contributed by atoms with Gasteiger partial charge in [0.15, 0.2) is 11.3 Å². The summed E-state index contributed by atoms with van der Waals surface area (Å²) in [6, 6.07) is 0.676. The van der Waals surface area contributed by atoms with Gasteiger partial charge in [-0.25, -0.2) is 14.8 Å².